The molecule has 0 amide bonds. The van der Waals surface area contributed by atoms with Gasteiger partial charge < -0.3 is 9.47 Å². The molecule has 1 heterocycles. The number of benzene rings is 9. The minimum Gasteiger partial charge on any atom is -0.310 e. The van der Waals surface area contributed by atoms with Gasteiger partial charge in [-0.1, -0.05) is 159 Å². The Kier molecular flexibility index (Phi) is 8.62. The maximum atomic E-state index is 2.48. The highest BCUT2D eigenvalue weighted by Gasteiger charge is 2.23. The molecule has 2 heteroatoms. The van der Waals surface area contributed by atoms with Crippen LogP contribution in [0.4, 0.5) is 17.1 Å². The van der Waals surface area contributed by atoms with Gasteiger partial charge in [-0.05, 0) is 123 Å². The molecule has 0 radical (unpaired) electrons. The Morgan fingerprint density at radius 2 is 1.09 bits per heavy atom. The zero-order chi connectivity index (χ0) is 38.4. The summed E-state index contributed by atoms with van der Waals surface area (Å²) in [6.07, 6.45) is 6.51. The van der Waals surface area contributed by atoms with Crippen molar-refractivity contribution in [1.82, 2.24) is 4.57 Å². The first-order valence-corrected chi connectivity index (χ1v) is 20.9. The van der Waals surface area contributed by atoms with E-state index in [1.807, 2.05) is 0 Å². The average molecular weight is 745 g/mol. The second kappa shape index (κ2) is 14.6. The van der Waals surface area contributed by atoms with Gasteiger partial charge in [0.1, 0.15) is 0 Å². The van der Waals surface area contributed by atoms with E-state index in [0.717, 1.165) is 11.4 Å². The largest absolute Gasteiger partial charge is 0.310 e. The van der Waals surface area contributed by atoms with Gasteiger partial charge in [-0.15, -0.1) is 0 Å². The van der Waals surface area contributed by atoms with Crippen LogP contribution in [-0.4, -0.2) is 4.57 Å². The van der Waals surface area contributed by atoms with Gasteiger partial charge in [0.15, 0.2) is 0 Å². The lowest BCUT2D eigenvalue weighted by molar-refractivity contribution is 0.445. The number of hydrogen-bond acceptors (Lipinski definition) is 1. The first-order valence-electron chi connectivity index (χ1n) is 20.9. The van der Waals surface area contributed by atoms with E-state index in [2.05, 4.69) is 210 Å². The van der Waals surface area contributed by atoms with Crippen LogP contribution in [0.15, 0.2) is 200 Å². The van der Waals surface area contributed by atoms with Gasteiger partial charge >= 0.3 is 0 Å². The average Bonchev–Trinajstić information content (AvgIpc) is 3.63. The second-order valence-electron chi connectivity index (χ2n) is 15.9. The quantitative estimate of drug-likeness (QED) is 0.158. The number of anilines is 3. The lowest BCUT2D eigenvalue weighted by Crippen LogP contribution is -2.11. The van der Waals surface area contributed by atoms with Gasteiger partial charge in [0.25, 0.3) is 0 Å². The fraction of sp³-hybridized carbons (Fsp3) is 0.107. The van der Waals surface area contributed by atoms with Crippen LogP contribution in [0.25, 0.3) is 71.3 Å². The van der Waals surface area contributed by atoms with Crippen molar-refractivity contribution in [2.45, 2.75) is 38.0 Å². The van der Waals surface area contributed by atoms with Crippen molar-refractivity contribution >= 4 is 60.4 Å². The topological polar surface area (TPSA) is 8.17 Å². The third-order valence-electron chi connectivity index (χ3n) is 12.5. The fourth-order valence-corrected chi connectivity index (χ4v) is 9.82. The molecule has 0 aliphatic heterocycles. The SMILES string of the molecule is c1ccc(-n2c3ccccc3c3cc(-c4cccc(N(c5ccc6ccccc6c5)c5ccccc5-c5cccc6cccc(C7CCCCC7)c56)c4)ccc32)cc1. The molecule has 1 aliphatic carbocycles. The van der Waals surface area contributed by atoms with E-state index in [4.69, 9.17) is 0 Å². The summed E-state index contributed by atoms with van der Waals surface area (Å²) in [5.74, 6) is 0.595. The summed E-state index contributed by atoms with van der Waals surface area (Å²) in [5.41, 5.74) is 13.5. The van der Waals surface area contributed by atoms with Crippen molar-refractivity contribution in [3.63, 3.8) is 0 Å². The molecule has 2 nitrogen and oxygen atoms in total. The lowest BCUT2D eigenvalue weighted by atomic mass is 9.80. The molecule has 1 saturated carbocycles. The first kappa shape index (κ1) is 34.4. The van der Waals surface area contributed by atoms with Gasteiger partial charge in [-0.25, -0.2) is 0 Å². The van der Waals surface area contributed by atoms with Crippen LogP contribution in [0.5, 0.6) is 0 Å². The van der Waals surface area contributed by atoms with Crippen molar-refractivity contribution in [3.8, 4) is 27.9 Å². The van der Waals surface area contributed by atoms with Crippen molar-refractivity contribution in [2.75, 3.05) is 4.90 Å². The van der Waals surface area contributed by atoms with Crippen LogP contribution in [0.1, 0.15) is 43.6 Å². The van der Waals surface area contributed by atoms with Gasteiger partial charge in [0, 0.05) is 33.4 Å². The standard InChI is InChI=1S/C56H44N2/c1-3-17-40(18-4-1)48-28-14-20-41-21-15-29-51(56(41)48)49-26-9-11-30-53(49)57(47-34-32-39-16-7-8-19-42(39)36-47)46-25-13-22-43(37-46)44-33-35-55-52(38-44)50-27-10-12-31-54(50)58(55)45-23-5-2-6-24-45/h2,5-16,19-38,40H,1,3-4,17-18H2. The molecule has 1 aromatic heterocycles. The fourth-order valence-electron chi connectivity index (χ4n) is 9.82. The van der Waals surface area contributed by atoms with Crippen LogP contribution in [-0.2, 0) is 0 Å². The predicted molar refractivity (Wildman–Crippen MR) is 247 cm³/mol. The van der Waals surface area contributed by atoms with E-state index in [1.54, 1.807) is 0 Å². The molecule has 0 saturated heterocycles. The van der Waals surface area contributed by atoms with Crippen LogP contribution >= 0.6 is 0 Å². The molecule has 9 aromatic carbocycles. The number of rotatable bonds is 7. The third kappa shape index (κ3) is 5.96. The summed E-state index contributed by atoms with van der Waals surface area (Å²) in [4.78, 5) is 2.48. The van der Waals surface area contributed by atoms with Gasteiger partial charge in [-0.2, -0.15) is 0 Å². The summed E-state index contributed by atoms with van der Waals surface area (Å²) in [5, 5.41) is 7.70. The monoisotopic (exact) mass is 744 g/mol. The molecule has 278 valence electrons. The number of para-hydroxylation sites is 3. The second-order valence-corrected chi connectivity index (χ2v) is 15.9. The number of fused-ring (bicyclic) bond motifs is 5. The minimum atomic E-state index is 0.595. The Hall–Kier alpha value is -6.90. The van der Waals surface area contributed by atoms with Crippen LogP contribution < -0.4 is 4.90 Å². The molecule has 0 unspecified atom stereocenters. The molecule has 10 aromatic rings. The smallest absolute Gasteiger partial charge is 0.0541 e. The van der Waals surface area contributed by atoms with Crippen molar-refractivity contribution < 1.29 is 0 Å². The van der Waals surface area contributed by atoms with E-state index in [9.17, 15) is 0 Å². The van der Waals surface area contributed by atoms with E-state index in [-0.39, 0.29) is 0 Å². The summed E-state index contributed by atoms with van der Waals surface area (Å²) >= 11 is 0. The molecule has 0 spiro atoms. The van der Waals surface area contributed by atoms with E-state index < -0.39 is 0 Å². The third-order valence-corrected chi connectivity index (χ3v) is 12.5. The maximum absolute atomic E-state index is 2.48. The van der Waals surface area contributed by atoms with Crippen molar-refractivity contribution in [1.29, 1.82) is 0 Å². The summed E-state index contributed by atoms with van der Waals surface area (Å²) in [7, 11) is 0. The van der Waals surface area contributed by atoms with Crippen molar-refractivity contribution in [3.05, 3.63) is 206 Å². The van der Waals surface area contributed by atoms with E-state index in [0.29, 0.717) is 5.92 Å². The summed E-state index contributed by atoms with van der Waals surface area (Å²) in [6, 6.07) is 74.0. The Morgan fingerprint density at radius 1 is 0.414 bits per heavy atom. The molecule has 11 rings (SSSR count). The molecule has 0 N–H and O–H groups in total. The molecular formula is C56H44N2. The number of aromatic nitrogens is 1. The normalized spacial score (nSPS) is 13.4. The highest BCUT2D eigenvalue weighted by atomic mass is 15.1. The predicted octanol–water partition coefficient (Wildman–Crippen LogP) is 15.9. The Morgan fingerprint density at radius 3 is 1.98 bits per heavy atom. The highest BCUT2D eigenvalue weighted by Crippen LogP contribution is 2.47. The van der Waals surface area contributed by atoms with Crippen LogP contribution in [0.2, 0.25) is 0 Å². The van der Waals surface area contributed by atoms with Gasteiger partial charge in [0.05, 0.1) is 16.7 Å². The van der Waals surface area contributed by atoms with Crippen molar-refractivity contribution in [2.24, 2.45) is 0 Å². The molecule has 1 fully saturated rings. The Balaban J connectivity index is 1.10. The van der Waals surface area contributed by atoms with Crippen LogP contribution in [0.3, 0.4) is 0 Å². The van der Waals surface area contributed by atoms with Gasteiger partial charge in [-0.3, -0.25) is 0 Å². The molecule has 1 aliphatic rings. The number of hydrogen-bond donors (Lipinski definition) is 0. The molecule has 58 heavy (non-hydrogen) atoms. The lowest BCUT2D eigenvalue weighted by Gasteiger charge is -2.29. The Labute approximate surface area is 340 Å². The maximum Gasteiger partial charge on any atom is 0.0541 e. The van der Waals surface area contributed by atoms with E-state index in [1.165, 1.54) is 115 Å². The summed E-state index contributed by atoms with van der Waals surface area (Å²) < 4.78 is 2.39. The summed E-state index contributed by atoms with van der Waals surface area (Å²) in [6.45, 7) is 0. The molecule has 0 atom stereocenters. The minimum absolute atomic E-state index is 0.595. The van der Waals surface area contributed by atoms with Crippen LogP contribution in [0, 0.1) is 0 Å². The first-order chi connectivity index (χ1) is 28.8. The molecular weight excluding hydrogens is 701 g/mol. The Bertz CT molecular complexity index is 3110. The molecule has 0 bridgehead atoms. The zero-order valence-electron chi connectivity index (χ0n) is 32.6. The zero-order valence-corrected chi connectivity index (χ0v) is 32.6. The number of nitrogens with zero attached hydrogens (tertiary/aromatic N) is 2. The van der Waals surface area contributed by atoms with Gasteiger partial charge in [0.2, 0.25) is 0 Å². The highest BCUT2D eigenvalue weighted by molar-refractivity contribution is 6.10. The van der Waals surface area contributed by atoms with E-state index >= 15 is 0 Å².